The van der Waals surface area contributed by atoms with E-state index >= 15 is 0 Å². The lowest BCUT2D eigenvalue weighted by Crippen LogP contribution is -2.49. The summed E-state index contributed by atoms with van der Waals surface area (Å²) < 4.78 is 26.7. The number of nitrogens with zero attached hydrogens (tertiary/aromatic N) is 3. The number of rotatable bonds is 5. The summed E-state index contributed by atoms with van der Waals surface area (Å²) in [6, 6.07) is 4.13. The van der Waals surface area contributed by atoms with Crippen molar-refractivity contribution in [1.29, 1.82) is 0 Å². The molecule has 1 N–H and O–H groups in total. The summed E-state index contributed by atoms with van der Waals surface area (Å²) in [5, 5.41) is 3.18. The van der Waals surface area contributed by atoms with Crippen LogP contribution in [0.5, 0.6) is 0 Å². The molecule has 6 nitrogen and oxygen atoms in total. The minimum atomic E-state index is -3.45. The molecule has 0 atom stereocenters. The molecule has 2 aliphatic rings. The van der Waals surface area contributed by atoms with Crippen molar-refractivity contribution in [3.63, 3.8) is 0 Å². The van der Waals surface area contributed by atoms with Crippen LogP contribution in [0.4, 0.5) is 0 Å². The van der Waals surface area contributed by atoms with Crippen LogP contribution in [0, 0.1) is 0 Å². The maximum Gasteiger partial charge on any atom is 0.260 e. The quantitative estimate of drug-likeness (QED) is 0.846. The zero-order valence-corrected chi connectivity index (χ0v) is 13.1. The molecule has 7 heteroatoms. The highest BCUT2D eigenvalue weighted by Gasteiger charge is 2.35. The van der Waals surface area contributed by atoms with E-state index in [-0.39, 0.29) is 5.03 Å². The summed E-state index contributed by atoms with van der Waals surface area (Å²) >= 11 is 0. The molecular weight excluding hydrogens is 288 g/mol. The Morgan fingerprint density at radius 2 is 1.95 bits per heavy atom. The molecule has 1 aliphatic carbocycles. The SMILES string of the molecule is CNCc1ccc(S(=O)(=O)N2CCN(C3CC3)CC2)nc1. The Labute approximate surface area is 126 Å². The van der Waals surface area contributed by atoms with E-state index in [0.717, 1.165) is 18.7 Å². The lowest BCUT2D eigenvalue weighted by Gasteiger charge is -2.33. The molecule has 1 saturated carbocycles. The van der Waals surface area contributed by atoms with Gasteiger partial charge in [0.25, 0.3) is 10.0 Å². The molecule has 0 spiro atoms. The third kappa shape index (κ3) is 3.26. The van der Waals surface area contributed by atoms with E-state index in [1.165, 1.54) is 12.8 Å². The molecule has 0 radical (unpaired) electrons. The summed E-state index contributed by atoms with van der Waals surface area (Å²) in [5.41, 5.74) is 0.981. The lowest BCUT2D eigenvalue weighted by atomic mass is 10.3. The Bertz CT molecular complexity index is 575. The number of aromatic nitrogens is 1. The number of hydrogen-bond donors (Lipinski definition) is 1. The molecule has 0 bridgehead atoms. The molecular formula is C14H22N4O2S. The van der Waals surface area contributed by atoms with Crippen LogP contribution in [-0.2, 0) is 16.6 Å². The third-order valence-corrected chi connectivity index (χ3v) is 5.93. The van der Waals surface area contributed by atoms with Crippen molar-refractivity contribution in [3.8, 4) is 0 Å². The largest absolute Gasteiger partial charge is 0.316 e. The van der Waals surface area contributed by atoms with E-state index in [1.807, 2.05) is 13.1 Å². The van der Waals surface area contributed by atoms with E-state index in [9.17, 15) is 8.42 Å². The molecule has 0 unspecified atom stereocenters. The first-order chi connectivity index (χ1) is 10.1. The van der Waals surface area contributed by atoms with Gasteiger partial charge in [-0.1, -0.05) is 6.07 Å². The van der Waals surface area contributed by atoms with Gasteiger partial charge in [-0.15, -0.1) is 0 Å². The Balaban J connectivity index is 1.68. The van der Waals surface area contributed by atoms with E-state index in [1.54, 1.807) is 16.6 Å². The third-order valence-electron chi connectivity index (χ3n) is 4.12. The molecule has 1 saturated heterocycles. The predicted octanol–water partition coefficient (Wildman–Crippen LogP) is 0.270. The van der Waals surface area contributed by atoms with Crippen molar-refractivity contribution in [2.45, 2.75) is 30.5 Å². The Morgan fingerprint density at radius 1 is 1.24 bits per heavy atom. The minimum absolute atomic E-state index is 0.155. The van der Waals surface area contributed by atoms with Gasteiger partial charge in [-0.05, 0) is 31.5 Å². The number of hydrogen-bond acceptors (Lipinski definition) is 5. The molecule has 2 fully saturated rings. The topological polar surface area (TPSA) is 65.5 Å². The second-order valence-electron chi connectivity index (χ2n) is 5.71. The van der Waals surface area contributed by atoms with Crippen LogP contribution >= 0.6 is 0 Å². The van der Waals surface area contributed by atoms with Crippen LogP contribution in [0.25, 0.3) is 0 Å². The van der Waals surface area contributed by atoms with Gasteiger partial charge in [0, 0.05) is 45.0 Å². The first-order valence-corrected chi connectivity index (χ1v) is 8.89. The molecule has 1 aromatic heterocycles. The fourth-order valence-corrected chi connectivity index (χ4v) is 4.09. The van der Waals surface area contributed by atoms with E-state index in [4.69, 9.17) is 0 Å². The molecule has 3 rings (SSSR count). The zero-order chi connectivity index (χ0) is 14.9. The van der Waals surface area contributed by atoms with Crippen LogP contribution in [0.15, 0.2) is 23.4 Å². The van der Waals surface area contributed by atoms with Gasteiger partial charge >= 0.3 is 0 Å². The molecule has 116 valence electrons. The van der Waals surface area contributed by atoms with Crippen LogP contribution < -0.4 is 5.32 Å². The van der Waals surface area contributed by atoms with Crippen LogP contribution in [-0.4, -0.2) is 61.9 Å². The highest BCUT2D eigenvalue weighted by atomic mass is 32.2. The Hall–Kier alpha value is -1.02. The van der Waals surface area contributed by atoms with Crippen LogP contribution in [0.1, 0.15) is 18.4 Å². The van der Waals surface area contributed by atoms with Crippen molar-refractivity contribution < 1.29 is 8.42 Å². The van der Waals surface area contributed by atoms with Gasteiger partial charge in [0.05, 0.1) is 0 Å². The Kier molecular flexibility index (Phi) is 4.26. The summed E-state index contributed by atoms with van der Waals surface area (Å²) in [6.45, 7) is 3.49. The Morgan fingerprint density at radius 3 is 2.48 bits per heavy atom. The molecule has 1 aromatic rings. The first kappa shape index (κ1) is 14.9. The van der Waals surface area contributed by atoms with Crippen molar-refractivity contribution in [2.24, 2.45) is 0 Å². The van der Waals surface area contributed by atoms with Gasteiger partial charge in [0.15, 0.2) is 5.03 Å². The monoisotopic (exact) mass is 310 g/mol. The molecule has 0 aromatic carbocycles. The average Bonchev–Trinajstić information content (AvgIpc) is 3.33. The van der Waals surface area contributed by atoms with Gasteiger partial charge in [0.1, 0.15) is 0 Å². The number of nitrogens with one attached hydrogen (secondary N) is 1. The number of piperazine rings is 1. The van der Waals surface area contributed by atoms with Crippen molar-refractivity contribution in [2.75, 3.05) is 33.2 Å². The van der Waals surface area contributed by atoms with Gasteiger partial charge in [-0.25, -0.2) is 13.4 Å². The van der Waals surface area contributed by atoms with E-state index in [2.05, 4.69) is 15.2 Å². The summed E-state index contributed by atoms with van der Waals surface area (Å²) in [6.07, 6.45) is 4.16. The molecule has 2 heterocycles. The fourth-order valence-electron chi connectivity index (χ4n) is 2.75. The summed E-state index contributed by atoms with van der Waals surface area (Å²) in [4.78, 5) is 6.53. The van der Waals surface area contributed by atoms with Crippen LogP contribution in [0.2, 0.25) is 0 Å². The standard InChI is InChI=1S/C14H22N4O2S/c1-15-10-12-2-5-14(16-11-12)21(19,20)18-8-6-17(7-9-18)13-3-4-13/h2,5,11,13,15H,3-4,6-10H2,1H3. The van der Waals surface area contributed by atoms with Gasteiger partial charge in [-0.3, -0.25) is 4.90 Å². The lowest BCUT2D eigenvalue weighted by molar-refractivity contribution is 0.180. The predicted molar refractivity (Wildman–Crippen MR) is 80.4 cm³/mol. The summed E-state index contributed by atoms with van der Waals surface area (Å²) in [7, 11) is -1.60. The summed E-state index contributed by atoms with van der Waals surface area (Å²) in [5.74, 6) is 0. The minimum Gasteiger partial charge on any atom is -0.316 e. The highest BCUT2D eigenvalue weighted by Crippen LogP contribution is 2.28. The smallest absolute Gasteiger partial charge is 0.260 e. The molecule has 1 aliphatic heterocycles. The number of pyridine rings is 1. The van der Waals surface area contributed by atoms with E-state index < -0.39 is 10.0 Å². The maximum absolute atomic E-state index is 12.6. The number of sulfonamides is 1. The van der Waals surface area contributed by atoms with Crippen molar-refractivity contribution >= 4 is 10.0 Å². The van der Waals surface area contributed by atoms with E-state index in [0.29, 0.717) is 25.7 Å². The first-order valence-electron chi connectivity index (χ1n) is 7.45. The average molecular weight is 310 g/mol. The van der Waals surface area contributed by atoms with Crippen molar-refractivity contribution in [1.82, 2.24) is 19.5 Å². The van der Waals surface area contributed by atoms with Gasteiger partial charge in [0.2, 0.25) is 0 Å². The maximum atomic E-state index is 12.6. The van der Waals surface area contributed by atoms with Gasteiger partial charge in [-0.2, -0.15) is 4.31 Å². The molecule has 21 heavy (non-hydrogen) atoms. The normalized spacial score (nSPS) is 21.6. The fraction of sp³-hybridized carbons (Fsp3) is 0.643. The highest BCUT2D eigenvalue weighted by molar-refractivity contribution is 7.89. The van der Waals surface area contributed by atoms with Crippen molar-refractivity contribution in [3.05, 3.63) is 23.9 Å². The second-order valence-corrected chi connectivity index (χ2v) is 7.59. The second kappa shape index (κ2) is 6.00. The van der Waals surface area contributed by atoms with Gasteiger partial charge < -0.3 is 5.32 Å². The zero-order valence-electron chi connectivity index (χ0n) is 12.3. The van der Waals surface area contributed by atoms with Crippen LogP contribution in [0.3, 0.4) is 0 Å². The molecule has 0 amide bonds.